The van der Waals surface area contributed by atoms with Gasteiger partial charge >= 0.3 is 0 Å². The van der Waals surface area contributed by atoms with Crippen molar-refractivity contribution < 1.29 is 5.11 Å². The van der Waals surface area contributed by atoms with Gasteiger partial charge in [0, 0.05) is 44.5 Å². The molecule has 10 heteroatoms. The smallest absolute Gasteiger partial charge is 0.188 e. The molecule has 0 amide bonds. The molecule has 4 rings (SSSR count). The molecule has 3 aromatic rings. The molecular formula is C23H30ClN7OS. The number of piperazine rings is 1. The zero-order valence-electron chi connectivity index (χ0n) is 19.3. The van der Waals surface area contributed by atoms with Crippen LogP contribution in [-0.4, -0.2) is 57.2 Å². The number of anilines is 4. The van der Waals surface area contributed by atoms with Crippen LogP contribution in [0.5, 0.6) is 0 Å². The van der Waals surface area contributed by atoms with Crippen molar-refractivity contribution in [1.29, 1.82) is 0 Å². The van der Waals surface area contributed by atoms with Crippen LogP contribution in [0.25, 0.3) is 0 Å². The molecule has 0 radical (unpaired) electrons. The summed E-state index contributed by atoms with van der Waals surface area (Å²) in [5.74, 6) is 2.31. The van der Waals surface area contributed by atoms with Crippen LogP contribution in [0, 0.1) is 13.8 Å². The van der Waals surface area contributed by atoms with Crippen molar-refractivity contribution in [2.24, 2.45) is 0 Å². The Kier molecular flexibility index (Phi) is 7.33. The van der Waals surface area contributed by atoms with Crippen LogP contribution in [0.1, 0.15) is 36.3 Å². The molecule has 2 aromatic heterocycles. The van der Waals surface area contributed by atoms with Crippen LogP contribution in [-0.2, 0) is 0 Å². The standard InChI is InChI=1S/C23H30ClN7OS/c1-14(2)30-8-10-31(11-9-30)20-12-19(26-16(4)27-20)28-23-25-13-18(33-23)22(32)29-21-15(3)6-5-7-17(21)24/h5-7,12-14,22,29,32H,8-11H2,1-4H3,(H,25,26,27,28). The second kappa shape index (κ2) is 10.2. The van der Waals surface area contributed by atoms with Crippen LogP contribution in [0.2, 0.25) is 5.02 Å². The number of hydrogen-bond acceptors (Lipinski definition) is 9. The highest BCUT2D eigenvalue weighted by atomic mass is 35.5. The van der Waals surface area contributed by atoms with Crippen molar-refractivity contribution in [3.8, 4) is 0 Å². The average molecular weight is 488 g/mol. The third kappa shape index (κ3) is 5.73. The lowest BCUT2D eigenvalue weighted by atomic mass is 10.2. The van der Waals surface area contributed by atoms with Gasteiger partial charge in [-0.25, -0.2) is 15.0 Å². The van der Waals surface area contributed by atoms with Crippen molar-refractivity contribution in [2.75, 3.05) is 41.7 Å². The Hall–Kier alpha value is -2.46. The van der Waals surface area contributed by atoms with Gasteiger partial charge in [0.05, 0.1) is 15.6 Å². The summed E-state index contributed by atoms with van der Waals surface area (Å²) in [4.78, 5) is 19.0. The molecular weight excluding hydrogens is 458 g/mol. The van der Waals surface area contributed by atoms with Gasteiger partial charge in [0.2, 0.25) is 0 Å². The molecule has 8 nitrogen and oxygen atoms in total. The molecule has 3 N–H and O–H groups in total. The summed E-state index contributed by atoms with van der Waals surface area (Å²) in [7, 11) is 0. The fraction of sp³-hybridized carbons (Fsp3) is 0.435. The zero-order valence-corrected chi connectivity index (χ0v) is 20.9. The fourth-order valence-electron chi connectivity index (χ4n) is 3.85. The van der Waals surface area contributed by atoms with Gasteiger partial charge in [0.25, 0.3) is 0 Å². The third-order valence-electron chi connectivity index (χ3n) is 5.72. The maximum Gasteiger partial charge on any atom is 0.188 e. The van der Waals surface area contributed by atoms with Gasteiger partial charge in [0.1, 0.15) is 17.5 Å². The third-order valence-corrected chi connectivity index (χ3v) is 7.00. The van der Waals surface area contributed by atoms with Gasteiger partial charge in [-0.3, -0.25) is 4.90 Å². The molecule has 1 aliphatic heterocycles. The summed E-state index contributed by atoms with van der Waals surface area (Å²) in [5.41, 5.74) is 1.67. The van der Waals surface area contributed by atoms with Gasteiger partial charge in [-0.05, 0) is 39.3 Å². The average Bonchev–Trinajstić information content (AvgIpc) is 3.24. The normalized spacial score (nSPS) is 15.7. The number of aromatic nitrogens is 3. The first kappa shape index (κ1) is 23.7. The van der Waals surface area contributed by atoms with E-state index in [4.69, 9.17) is 11.6 Å². The number of aliphatic hydroxyl groups excluding tert-OH is 1. The van der Waals surface area contributed by atoms with Gasteiger partial charge in [-0.2, -0.15) is 0 Å². The van der Waals surface area contributed by atoms with Crippen molar-refractivity contribution in [3.05, 3.63) is 51.7 Å². The molecule has 1 unspecified atom stereocenters. The summed E-state index contributed by atoms with van der Waals surface area (Å²) >= 11 is 7.63. The minimum atomic E-state index is -0.920. The molecule has 1 atom stereocenters. The number of thiazole rings is 1. The van der Waals surface area contributed by atoms with E-state index in [1.807, 2.05) is 32.0 Å². The number of benzene rings is 1. The summed E-state index contributed by atoms with van der Waals surface area (Å²) in [6.07, 6.45) is 0.730. The molecule has 0 saturated carbocycles. The van der Waals surface area contributed by atoms with E-state index in [0.29, 0.717) is 38.4 Å². The fourth-order valence-corrected chi connectivity index (χ4v) is 4.88. The Labute approximate surface area is 203 Å². The molecule has 0 bridgehead atoms. The second-order valence-electron chi connectivity index (χ2n) is 8.45. The van der Waals surface area contributed by atoms with E-state index >= 15 is 0 Å². The molecule has 1 aliphatic rings. The van der Waals surface area contributed by atoms with Crippen molar-refractivity contribution in [2.45, 2.75) is 40.0 Å². The first-order valence-electron chi connectivity index (χ1n) is 11.1. The lowest BCUT2D eigenvalue weighted by Crippen LogP contribution is -2.49. The summed E-state index contributed by atoms with van der Waals surface area (Å²) < 4.78 is 0. The van der Waals surface area contributed by atoms with E-state index < -0.39 is 6.23 Å². The van der Waals surface area contributed by atoms with Crippen LogP contribution < -0.4 is 15.5 Å². The van der Waals surface area contributed by atoms with Crippen molar-refractivity contribution in [1.82, 2.24) is 19.9 Å². The van der Waals surface area contributed by atoms with E-state index in [1.54, 1.807) is 12.3 Å². The Balaban J connectivity index is 1.44. The molecule has 33 heavy (non-hydrogen) atoms. The molecule has 1 aromatic carbocycles. The Bertz CT molecular complexity index is 1080. The summed E-state index contributed by atoms with van der Waals surface area (Å²) in [6.45, 7) is 12.2. The Morgan fingerprint density at radius 3 is 2.58 bits per heavy atom. The molecule has 176 valence electrons. The van der Waals surface area contributed by atoms with Crippen LogP contribution in [0.3, 0.4) is 0 Å². The Morgan fingerprint density at radius 2 is 1.88 bits per heavy atom. The number of nitrogens with one attached hydrogen (secondary N) is 2. The number of nitrogens with zero attached hydrogens (tertiary/aromatic N) is 5. The van der Waals surface area contributed by atoms with E-state index in [-0.39, 0.29) is 0 Å². The number of para-hydroxylation sites is 1. The lowest BCUT2D eigenvalue weighted by Gasteiger charge is -2.37. The highest BCUT2D eigenvalue weighted by molar-refractivity contribution is 7.15. The maximum absolute atomic E-state index is 10.7. The first-order valence-corrected chi connectivity index (χ1v) is 12.3. The van der Waals surface area contributed by atoms with Crippen molar-refractivity contribution in [3.63, 3.8) is 0 Å². The highest BCUT2D eigenvalue weighted by Crippen LogP contribution is 2.32. The van der Waals surface area contributed by atoms with Crippen LogP contribution in [0.15, 0.2) is 30.5 Å². The largest absolute Gasteiger partial charge is 0.369 e. The van der Waals surface area contributed by atoms with E-state index in [2.05, 4.69) is 49.2 Å². The predicted molar refractivity (Wildman–Crippen MR) is 136 cm³/mol. The molecule has 0 spiro atoms. The topological polar surface area (TPSA) is 89.4 Å². The van der Waals surface area contributed by atoms with E-state index in [9.17, 15) is 5.11 Å². The molecule has 1 fully saturated rings. The zero-order chi connectivity index (χ0) is 23.5. The predicted octanol–water partition coefficient (Wildman–Crippen LogP) is 4.58. The van der Waals surface area contributed by atoms with Gasteiger partial charge < -0.3 is 20.6 Å². The van der Waals surface area contributed by atoms with E-state index in [0.717, 1.165) is 37.6 Å². The van der Waals surface area contributed by atoms with Crippen LogP contribution >= 0.6 is 22.9 Å². The highest BCUT2D eigenvalue weighted by Gasteiger charge is 2.21. The van der Waals surface area contributed by atoms with Crippen LogP contribution in [0.4, 0.5) is 22.5 Å². The molecule has 0 aliphatic carbocycles. The number of aryl methyl sites for hydroxylation is 2. The Morgan fingerprint density at radius 1 is 1.12 bits per heavy atom. The minimum absolute atomic E-state index is 0.558. The summed E-state index contributed by atoms with van der Waals surface area (Å²) in [5, 5.41) is 18.2. The number of aliphatic hydroxyl groups is 1. The van der Waals surface area contributed by atoms with Gasteiger partial charge in [-0.1, -0.05) is 35.1 Å². The monoisotopic (exact) mass is 487 g/mol. The quantitative estimate of drug-likeness (QED) is 0.417. The number of hydrogen-bond donors (Lipinski definition) is 3. The minimum Gasteiger partial charge on any atom is -0.369 e. The number of rotatable bonds is 7. The SMILES string of the molecule is Cc1nc(Nc2ncc(C(O)Nc3c(C)cccc3Cl)s2)cc(N2CCN(C(C)C)CC2)n1. The molecule has 3 heterocycles. The maximum atomic E-state index is 10.7. The summed E-state index contributed by atoms with van der Waals surface area (Å²) in [6, 6.07) is 8.13. The van der Waals surface area contributed by atoms with Gasteiger partial charge in [0.15, 0.2) is 11.4 Å². The first-order chi connectivity index (χ1) is 15.8. The van der Waals surface area contributed by atoms with E-state index in [1.165, 1.54) is 11.3 Å². The molecule has 1 saturated heterocycles. The second-order valence-corrected chi connectivity index (χ2v) is 9.92. The van der Waals surface area contributed by atoms with Crippen molar-refractivity contribution >= 4 is 45.4 Å². The number of halogens is 1. The lowest BCUT2D eigenvalue weighted by molar-refractivity contribution is 0.209. The van der Waals surface area contributed by atoms with Gasteiger partial charge in [-0.15, -0.1) is 0 Å².